The summed E-state index contributed by atoms with van der Waals surface area (Å²) in [4.78, 5) is 39.2. The van der Waals surface area contributed by atoms with Crippen LogP contribution in [-0.2, 0) is 29.9 Å². The fourth-order valence-electron chi connectivity index (χ4n) is 4.05. The minimum Gasteiger partial charge on any atom is -0.379 e. The monoisotopic (exact) mass is 520 g/mol. The molecule has 1 atom stereocenters. The van der Waals surface area contributed by atoms with Gasteiger partial charge in [-0.25, -0.2) is 13.2 Å². The topological polar surface area (TPSA) is 125 Å². The normalized spacial score (nSPS) is 21.2. The number of hydrogen-bond donors (Lipinski definition) is 2. The Hall–Kier alpha value is -2.99. The quantitative estimate of drug-likeness (QED) is 0.562. The van der Waals surface area contributed by atoms with Crippen molar-refractivity contribution in [3.05, 3.63) is 58.6 Å². The molecule has 0 unspecified atom stereocenters. The zero-order valence-corrected chi connectivity index (χ0v) is 20.8. The summed E-state index contributed by atoms with van der Waals surface area (Å²) in [5.41, 5.74) is -0.0486. The average molecular weight is 521 g/mol. The highest BCUT2D eigenvalue weighted by Crippen LogP contribution is 2.30. The third-order valence-electron chi connectivity index (χ3n) is 6.06. The Kier molecular flexibility index (Phi) is 6.87. The third kappa shape index (κ3) is 4.90. The molecule has 10 nitrogen and oxygen atoms in total. The molecule has 0 aliphatic carbocycles. The fraction of sp³-hybridized carbons (Fsp3) is 0.348. The van der Waals surface area contributed by atoms with Crippen molar-refractivity contribution in [1.82, 2.24) is 14.5 Å². The van der Waals surface area contributed by atoms with Gasteiger partial charge < -0.3 is 15.4 Å². The van der Waals surface area contributed by atoms with Gasteiger partial charge in [-0.15, -0.1) is 0 Å². The highest BCUT2D eigenvalue weighted by Gasteiger charge is 2.49. The first kappa shape index (κ1) is 25.1. The second-order valence-electron chi connectivity index (χ2n) is 8.50. The number of ether oxygens (including phenoxy) is 1. The van der Waals surface area contributed by atoms with Crippen molar-refractivity contribution in [2.75, 3.05) is 38.2 Å². The van der Waals surface area contributed by atoms with E-state index in [1.165, 1.54) is 10.4 Å². The van der Waals surface area contributed by atoms with Crippen LogP contribution in [0.1, 0.15) is 18.1 Å². The van der Waals surface area contributed by atoms with Crippen LogP contribution in [0.4, 0.5) is 10.5 Å². The maximum absolute atomic E-state index is 13.1. The Balaban J connectivity index is 1.49. The summed E-state index contributed by atoms with van der Waals surface area (Å²) in [7, 11) is -3.78. The van der Waals surface area contributed by atoms with Gasteiger partial charge in [0.05, 0.1) is 18.1 Å². The number of sulfonamides is 1. The van der Waals surface area contributed by atoms with E-state index < -0.39 is 40.0 Å². The minimum absolute atomic E-state index is 0.0718. The number of anilines is 1. The minimum atomic E-state index is -3.78. The van der Waals surface area contributed by atoms with Crippen LogP contribution < -0.4 is 10.6 Å². The maximum Gasteiger partial charge on any atom is 0.325 e. The van der Waals surface area contributed by atoms with E-state index in [1.54, 1.807) is 50.2 Å². The highest BCUT2D eigenvalue weighted by molar-refractivity contribution is 7.89. The zero-order valence-electron chi connectivity index (χ0n) is 19.2. The molecular formula is C23H25ClN4O6S. The number of carbonyl (C=O) groups excluding carboxylic acids is 3. The molecule has 2 aliphatic rings. The smallest absolute Gasteiger partial charge is 0.325 e. The summed E-state index contributed by atoms with van der Waals surface area (Å²) in [5, 5.41) is 5.70. The van der Waals surface area contributed by atoms with E-state index in [-0.39, 0.29) is 23.7 Å². The summed E-state index contributed by atoms with van der Waals surface area (Å²) in [6.45, 7) is 3.81. The van der Waals surface area contributed by atoms with Crippen molar-refractivity contribution in [2.24, 2.45) is 0 Å². The van der Waals surface area contributed by atoms with Gasteiger partial charge in [0.2, 0.25) is 15.9 Å². The second-order valence-corrected chi connectivity index (χ2v) is 10.8. The van der Waals surface area contributed by atoms with Gasteiger partial charge in [0.15, 0.2) is 0 Å². The summed E-state index contributed by atoms with van der Waals surface area (Å²) < 4.78 is 32.7. The number of nitrogens with one attached hydrogen (secondary N) is 2. The predicted molar refractivity (Wildman–Crippen MR) is 128 cm³/mol. The molecule has 2 aromatic rings. The van der Waals surface area contributed by atoms with E-state index in [1.807, 2.05) is 0 Å². The molecular weight excluding hydrogens is 496 g/mol. The highest BCUT2D eigenvalue weighted by atomic mass is 35.5. The molecule has 0 saturated carbocycles. The first-order valence-electron chi connectivity index (χ1n) is 10.9. The van der Waals surface area contributed by atoms with Gasteiger partial charge in [0.1, 0.15) is 12.1 Å². The zero-order chi connectivity index (χ0) is 25.4. The van der Waals surface area contributed by atoms with Crippen LogP contribution in [0.15, 0.2) is 47.4 Å². The number of amides is 4. The van der Waals surface area contributed by atoms with Gasteiger partial charge in [-0.05, 0) is 49.2 Å². The van der Waals surface area contributed by atoms with Crippen molar-refractivity contribution in [1.29, 1.82) is 0 Å². The van der Waals surface area contributed by atoms with Crippen molar-refractivity contribution >= 4 is 45.2 Å². The Morgan fingerprint density at radius 3 is 2.46 bits per heavy atom. The number of halogens is 1. The Morgan fingerprint density at radius 2 is 1.80 bits per heavy atom. The van der Waals surface area contributed by atoms with Crippen LogP contribution in [0.3, 0.4) is 0 Å². The molecule has 186 valence electrons. The lowest BCUT2D eigenvalue weighted by Crippen LogP contribution is -2.42. The maximum atomic E-state index is 13.1. The molecule has 2 heterocycles. The third-order valence-corrected chi connectivity index (χ3v) is 8.35. The fourth-order valence-corrected chi connectivity index (χ4v) is 5.83. The van der Waals surface area contributed by atoms with Crippen LogP contribution in [0.5, 0.6) is 0 Å². The number of hydrogen-bond acceptors (Lipinski definition) is 6. The number of morpholine rings is 1. The molecule has 0 spiro atoms. The number of urea groups is 1. The number of aryl methyl sites for hydroxylation is 1. The summed E-state index contributed by atoms with van der Waals surface area (Å²) in [6.07, 6.45) is 0. The van der Waals surface area contributed by atoms with E-state index in [2.05, 4.69) is 10.6 Å². The van der Waals surface area contributed by atoms with Gasteiger partial charge in [0, 0.05) is 23.8 Å². The Bertz CT molecular complexity index is 1280. The summed E-state index contributed by atoms with van der Waals surface area (Å²) in [5.74, 6) is -1.23. The van der Waals surface area contributed by atoms with E-state index in [0.717, 1.165) is 4.90 Å². The summed E-state index contributed by atoms with van der Waals surface area (Å²) >= 11 is 5.91. The molecule has 0 aromatic heterocycles. The number of benzene rings is 2. The van der Waals surface area contributed by atoms with Crippen LogP contribution in [0, 0.1) is 6.92 Å². The van der Waals surface area contributed by atoms with E-state index in [9.17, 15) is 22.8 Å². The van der Waals surface area contributed by atoms with Crippen LogP contribution in [-0.4, -0.2) is 68.3 Å². The lowest BCUT2D eigenvalue weighted by atomic mass is 9.92. The first-order valence-corrected chi connectivity index (χ1v) is 12.7. The number of imide groups is 1. The SMILES string of the molecule is Cc1ccc(NC(=O)CN2C(=O)N[C@](C)(c3ccc(Cl)cc3)C2=O)cc1S(=O)(=O)N1CCOCC1. The largest absolute Gasteiger partial charge is 0.379 e. The van der Waals surface area contributed by atoms with Crippen molar-refractivity contribution in [3.63, 3.8) is 0 Å². The number of rotatable bonds is 6. The van der Waals surface area contributed by atoms with Crippen LogP contribution in [0.2, 0.25) is 5.02 Å². The molecule has 0 bridgehead atoms. The molecule has 2 N–H and O–H groups in total. The average Bonchev–Trinajstić information content (AvgIpc) is 3.05. The Labute approximate surface area is 208 Å². The lowest BCUT2D eigenvalue weighted by Gasteiger charge is -2.27. The van der Waals surface area contributed by atoms with E-state index >= 15 is 0 Å². The van der Waals surface area contributed by atoms with Crippen molar-refractivity contribution in [2.45, 2.75) is 24.3 Å². The molecule has 12 heteroatoms. The molecule has 2 saturated heterocycles. The second kappa shape index (κ2) is 9.57. The molecule has 2 fully saturated rings. The van der Waals surface area contributed by atoms with Crippen molar-refractivity contribution < 1.29 is 27.5 Å². The molecule has 35 heavy (non-hydrogen) atoms. The van der Waals surface area contributed by atoms with Gasteiger partial charge in [-0.2, -0.15) is 4.31 Å². The predicted octanol–water partition coefficient (Wildman–Crippen LogP) is 2.08. The molecule has 2 aliphatic heterocycles. The number of carbonyl (C=O) groups is 3. The van der Waals surface area contributed by atoms with Gasteiger partial charge in [0.25, 0.3) is 5.91 Å². The van der Waals surface area contributed by atoms with Gasteiger partial charge >= 0.3 is 6.03 Å². The number of nitrogens with zero attached hydrogens (tertiary/aromatic N) is 2. The Morgan fingerprint density at radius 1 is 1.14 bits per heavy atom. The van der Waals surface area contributed by atoms with Crippen LogP contribution >= 0.6 is 11.6 Å². The molecule has 2 aromatic carbocycles. The van der Waals surface area contributed by atoms with Crippen LogP contribution in [0.25, 0.3) is 0 Å². The standard InChI is InChI=1S/C23H25ClN4O6S/c1-15-3-8-18(13-19(15)35(32,33)27-9-11-34-12-10-27)25-20(29)14-28-21(30)23(2,26-22(28)31)16-4-6-17(24)7-5-16/h3-8,13H,9-12,14H2,1-2H3,(H,25,29)(H,26,31)/t23-/m1/s1. The van der Waals surface area contributed by atoms with E-state index in [0.29, 0.717) is 29.4 Å². The first-order chi connectivity index (χ1) is 16.5. The lowest BCUT2D eigenvalue weighted by molar-refractivity contribution is -0.133. The van der Waals surface area contributed by atoms with Crippen molar-refractivity contribution in [3.8, 4) is 0 Å². The van der Waals surface area contributed by atoms with Gasteiger partial charge in [-0.3, -0.25) is 14.5 Å². The molecule has 4 rings (SSSR count). The molecule has 0 radical (unpaired) electrons. The van der Waals surface area contributed by atoms with E-state index in [4.69, 9.17) is 16.3 Å². The van der Waals surface area contributed by atoms with Gasteiger partial charge in [-0.1, -0.05) is 29.8 Å². The summed E-state index contributed by atoms with van der Waals surface area (Å²) in [6, 6.07) is 10.3. The molecule has 4 amide bonds.